The van der Waals surface area contributed by atoms with E-state index in [0.29, 0.717) is 17.9 Å². The van der Waals surface area contributed by atoms with E-state index in [1.807, 2.05) is 25.1 Å². The van der Waals surface area contributed by atoms with E-state index in [0.717, 1.165) is 25.0 Å². The Kier molecular flexibility index (Phi) is 5.70. The molecule has 0 fully saturated rings. The molecule has 0 aliphatic carbocycles. The van der Waals surface area contributed by atoms with Gasteiger partial charge in [0.2, 0.25) is 0 Å². The summed E-state index contributed by atoms with van der Waals surface area (Å²) in [6, 6.07) is 5.66. The van der Waals surface area contributed by atoms with Crippen LogP contribution in [0, 0.1) is 6.92 Å². The fourth-order valence-electron chi connectivity index (χ4n) is 1.57. The van der Waals surface area contributed by atoms with E-state index in [-0.39, 0.29) is 5.78 Å². The Morgan fingerprint density at radius 2 is 1.94 bits per heavy atom. The topological polar surface area (TPSA) is 35.5 Å². The number of hydrogen-bond donors (Lipinski definition) is 0. The molecule has 0 heterocycles. The van der Waals surface area contributed by atoms with E-state index < -0.39 is 0 Å². The lowest BCUT2D eigenvalue weighted by atomic mass is 10.1. The van der Waals surface area contributed by atoms with E-state index in [2.05, 4.69) is 0 Å². The molecule has 0 aliphatic heterocycles. The van der Waals surface area contributed by atoms with E-state index in [1.54, 1.807) is 14.0 Å². The molecule has 94 valence electrons. The Balaban J connectivity index is 2.56. The van der Waals surface area contributed by atoms with Crippen LogP contribution in [0.1, 0.15) is 35.7 Å². The van der Waals surface area contributed by atoms with Crippen molar-refractivity contribution in [3.05, 3.63) is 29.3 Å². The molecule has 0 bridgehead atoms. The Labute approximate surface area is 103 Å². The highest BCUT2D eigenvalue weighted by atomic mass is 16.5. The van der Waals surface area contributed by atoms with Crippen LogP contribution in [0.2, 0.25) is 0 Å². The van der Waals surface area contributed by atoms with Crippen molar-refractivity contribution in [3.8, 4) is 5.75 Å². The van der Waals surface area contributed by atoms with Crippen molar-refractivity contribution in [2.24, 2.45) is 0 Å². The third-order valence-corrected chi connectivity index (χ3v) is 2.52. The normalized spacial score (nSPS) is 10.3. The number of Topliss-reactive ketones (excluding diaryl/α,β-unsaturated/α-hetero) is 1. The highest BCUT2D eigenvalue weighted by Crippen LogP contribution is 2.21. The smallest absolute Gasteiger partial charge is 0.163 e. The van der Waals surface area contributed by atoms with Crippen molar-refractivity contribution in [1.29, 1.82) is 0 Å². The lowest BCUT2D eigenvalue weighted by molar-refractivity contribution is 0.101. The Bertz CT molecular complexity index is 372. The first-order chi connectivity index (χ1) is 8.15. The summed E-state index contributed by atoms with van der Waals surface area (Å²) in [5.74, 6) is 0.729. The molecule has 0 aliphatic rings. The zero-order valence-electron chi connectivity index (χ0n) is 10.8. The van der Waals surface area contributed by atoms with E-state index in [1.165, 1.54) is 0 Å². The summed E-state index contributed by atoms with van der Waals surface area (Å²) in [5.41, 5.74) is 1.75. The highest BCUT2D eigenvalue weighted by molar-refractivity contribution is 5.96. The van der Waals surface area contributed by atoms with Gasteiger partial charge in [-0.05, 0) is 44.4 Å². The molecule has 3 heteroatoms. The minimum absolute atomic E-state index is 0.0388. The zero-order valence-corrected chi connectivity index (χ0v) is 10.8. The summed E-state index contributed by atoms with van der Waals surface area (Å²) >= 11 is 0. The minimum Gasteiger partial charge on any atom is -0.493 e. The fourth-order valence-corrected chi connectivity index (χ4v) is 1.57. The van der Waals surface area contributed by atoms with Gasteiger partial charge in [-0.1, -0.05) is 6.07 Å². The number of ketones is 1. The largest absolute Gasteiger partial charge is 0.493 e. The summed E-state index contributed by atoms with van der Waals surface area (Å²) < 4.78 is 10.6. The third-order valence-electron chi connectivity index (χ3n) is 2.52. The predicted molar refractivity (Wildman–Crippen MR) is 67.8 cm³/mol. The molecule has 0 N–H and O–H groups in total. The molecule has 0 amide bonds. The number of unbranched alkanes of at least 4 members (excludes halogenated alkanes) is 1. The molecule has 0 unspecified atom stereocenters. The SMILES string of the molecule is COCCCCOc1cc(C)ccc1C(C)=O. The first kappa shape index (κ1) is 13.7. The summed E-state index contributed by atoms with van der Waals surface area (Å²) in [5, 5.41) is 0. The molecule has 0 atom stereocenters. The summed E-state index contributed by atoms with van der Waals surface area (Å²) in [4.78, 5) is 11.4. The minimum atomic E-state index is 0.0388. The van der Waals surface area contributed by atoms with Gasteiger partial charge in [-0.3, -0.25) is 4.79 Å². The van der Waals surface area contributed by atoms with Crippen LogP contribution in [0.25, 0.3) is 0 Å². The van der Waals surface area contributed by atoms with E-state index >= 15 is 0 Å². The van der Waals surface area contributed by atoms with Crippen molar-refractivity contribution >= 4 is 5.78 Å². The van der Waals surface area contributed by atoms with E-state index in [9.17, 15) is 4.79 Å². The molecule has 1 rings (SSSR count). The molecule has 0 saturated heterocycles. The van der Waals surface area contributed by atoms with Crippen molar-refractivity contribution in [3.63, 3.8) is 0 Å². The quantitative estimate of drug-likeness (QED) is 0.539. The molecule has 1 aromatic carbocycles. The van der Waals surface area contributed by atoms with Crippen molar-refractivity contribution in [2.75, 3.05) is 20.3 Å². The van der Waals surface area contributed by atoms with Crippen molar-refractivity contribution in [1.82, 2.24) is 0 Å². The van der Waals surface area contributed by atoms with E-state index in [4.69, 9.17) is 9.47 Å². The van der Waals surface area contributed by atoms with Crippen LogP contribution in [0.5, 0.6) is 5.75 Å². The number of carbonyl (C=O) groups excluding carboxylic acids is 1. The maximum absolute atomic E-state index is 11.4. The highest BCUT2D eigenvalue weighted by Gasteiger charge is 2.08. The Morgan fingerprint density at radius 1 is 1.24 bits per heavy atom. The fraction of sp³-hybridized carbons (Fsp3) is 0.500. The van der Waals surface area contributed by atoms with Crippen molar-refractivity contribution in [2.45, 2.75) is 26.7 Å². The van der Waals surface area contributed by atoms with Crippen LogP contribution in [0.3, 0.4) is 0 Å². The third kappa shape index (κ3) is 4.57. The van der Waals surface area contributed by atoms with Gasteiger partial charge < -0.3 is 9.47 Å². The second-order valence-electron chi connectivity index (χ2n) is 4.10. The van der Waals surface area contributed by atoms with Gasteiger partial charge in [0.05, 0.1) is 12.2 Å². The molecule has 17 heavy (non-hydrogen) atoms. The van der Waals surface area contributed by atoms with Gasteiger partial charge in [0.1, 0.15) is 5.75 Å². The standard InChI is InChI=1S/C14H20O3/c1-11-6-7-13(12(2)15)14(10-11)17-9-5-4-8-16-3/h6-7,10H,4-5,8-9H2,1-3H3. The Morgan fingerprint density at radius 3 is 2.59 bits per heavy atom. The number of hydrogen-bond acceptors (Lipinski definition) is 3. The summed E-state index contributed by atoms with van der Waals surface area (Å²) in [6.45, 7) is 4.91. The molecule has 0 spiro atoms. The predicted octanol–water partition coefficient (Wildman–Crippen LogP) is 3.00. The van der Waals surface area contributed by atoms with Gasteiger partial charge in [0.15, 0.2) is 5.78 Å². The number of ether oxygens (including phenoxy) is 2. The zero-order chi connectivity index (χ0) is 12.7. The van der Waals surface area contributed by atoms with Crippen LogP contribution in [0.15, 0.2) is 18.2 Å². The Hall–Kier alpha value is -1.35. The lowest BCUT2D eigenvalue weighted by Crippen LogP contribution is -2.04. The second-order valence-corrected chi connectivity index (χ2v) is 4.10. The molecular weight excluding hydrogens is 216 g/mol. The van der Waals surface area contributed by atoms with Crippen LogP contribution < -0.4 is 4.74 Å². The lowest BCUT2D eigenvalue weighted by Gasteiger charge is -2.10. The van der Waals surface area contributed by atoms with Gasteiger partial charge in [-0.25, -0.2) is 0 Å². The van der Waals surface area contributed by atoms with Gasteiger partial charge >= 0.3 is 0 Å². The molecule has 0 radical (unpaired) electrons. The van der Waals surface area contributed by atoms with Gasteiger partial charge in [0, 0.05) is 13.7 Å². The van der Waals surface area contributed by atoms with Crippen LogP contribution in [-0.2, 0) is 4.74 Å². The average molecular weight is 236 g/mol. The molecule has 3 nitrogen and oxygen atoms in total. The van der Waals surface area contributed by atoms with Crippen molar-refractivity contribution < 1.29 is 14.3 Å². The number of benzene rings is 1. The van der Waals surface area contributed by atoms with Crippen LogP contribution in [0.4, 0.5) is 0 Å². The maximum atomic E-state index is 11.4. The van der Waals surface area contributed by atoms with Crippen LogP contribution >= 0.6 is 0 Å². The monoisotopic (exact) mass is 236 g/mol. The maximum Gasteiger partial charge on any atom is 0.163 e. The average Bonchev–Trinajstić information content (AvgIpc) is 2.28. The second kappa shape index (κ2) is 7.07. The molecule has 0 saturated carbocycles. The molecule has 1 aromatic rings. The number of carbonyl (C=O) groups is 1. The van der Waals surface area contributed by atoms with Crippen LogP contribution in [-0.4, -0.2) is 26.1 Å². The summed E-state index contributed by atoms with van der Waals surface area (Å²) in [6.07, 6.45) is 1.90. The van der Waals surface area contributed by atoms with Gasteiger partial charge in [0.25, 0.3) is 0 Å². The van der Waals surface area contributed by atoms with Gasteiger partial charge in [-0.2, -0.15) is 0 Å². The van der Waals surface area contributed by atoms with Gasteiger partial charge in [-0.15, -0.1) is 0 Å². The molecular formula is C14H20O3. The number of rotatable bonds is 7. The first-order valence-electron chi connectivity index (χ1n) is 5.88. The number of aryl methyl sites for hydroxylation is 1. The summed E-state index contributed by atoms with van der Waals surface area (Å²) in [7, 11) is 1.69. The molecule has 0 aromatic heterocycles. The number of methoxy groups -OCH3 is 1. The first-order valence-corrected chi connectivity index (χ1v) is 5.88.